The molecule has 7 rings (SSSR count). The molecule has 2 aromatic rings. The quantitative estimate of drug-likeness (QED) is 0.245. The number of anilines is 2. The van der Waals surface area contributed by atoms with E-state index in [9.17, 15) is 9.59 Å². The number of para-hydroxylation sites is 2. The van der Waals surface area contributed by atoms with Crippen molar-refractivity contribution < 1.29 is 11.0 Å². The minimum atomic E-state index is 0. The molecule has 2 unspecified atom stereocenters. The number of fused-ring (bicyclic) bond motifs is 3. The highest BCUT2D eigenvalue weighted by Crippen LogP contribution is 2.49. The van der Waals surface area contributed by atoms with Crippen LogP contribution in [0.2, 0.25) is 0 Å². The molecule has 1 fully saturated rings. The van der Waals surface area contributed by atoms with Crippen molar-refractivity contribution in [1.82, 2.24) is 9.80 Å². The summed E-state index contributed by atoms with van der Waals surface area (Å²) in [6, 6.07) is 14.9. The van der Waals surface area contributed by atoms with E-state index in [1.54, 1.807) is 19.4 Å². The highest BCUT2D eigenvalue weighted by molar-refractivity contribution is 7.37. The summed E-state index contributed by atoms with van der Waals surface area (Å²) in [6.07, 6.45) is 12.6. The van der Waals surface area contributed by atoms with E-state index in [-0.39, 0.29) is 26.7 Å². The summed E-state index contributed by atoms with van der Waals surface area (Å²) >= 11 is 0. The van der Waals surface area contributed by atoms with Gasteiger partial charge in [-0.25, -0.2) is 0 Å². The number of hydrogen-bond acceptors (Lipinski definition) is 5. The lowest BCUT2D eigenvalue weighted by Gasteiger charge is -2.38. The maximum Gasteiger partial charge on any atom is 0.219 e. The summed E-state index contributed by atoms with van der Waals surface area (Å²) in [6.45, 7) is 9.47. The lowest BCUT2D eigenvalue weighted by molar-refractivity contribution is -0.130. The molecule has 2 atom stereocenters. The van der Waals surface area contributed by atoms with Crippen LogP contribution in [0.25, 0.3) is 0 Å². The second kappa shape index (κ2) is 14.1. The summed E-state index contributed by atoms with van der Waals surface area (Å²) in [7, 11) is 0. The lowest BCUT2D eigenvalue weighted by atomic mass is 9.82. The molecular formula is C33H47N4O2S-. The molecule has 2 aliphatic carbocycles. The molecule has 2 amide bonds. The molecule has 2 aromatic carbocycles. The average Bonchev–Trinajstić information content (AvgIpc) is 3.59. The smallest absolute Gasteiger partial charge is 0.219 e. The molecule has 1 saturated carbocycles. The van der Waals surface area contributed by atoms with Crippen LogP contribution in [0.15, 0.2) is 54.6 Å². The summed E-state index contributed by atoms with van der Waals surface area (Å²) in [4.78, 5) is 29.4. The Morgan fingerprint density at radius 2 is 1.52 bits per heavy atom. The molecule has 0 spiro atoms. The van der Waals surface area contributed by atoms with Gasteiger partial charge in [0, 0.05) is 72.5 Å². The van der Waals surface area contributed by atoms with Gasteiger partial charge in [0.2, 0.25) is 11.8 Å². The number of amides is 2. The van der Waals surface area contributed by atoms with Crippen LogP contribution in [0.1, 0.15) is 76.4 Å². The molecular weight excluding hydrogens is 516 g/mol. The van der Waals surface area contributed by atoms with Crippen LogP contribution >= 0.6 is 0 Å². The van der Waals surface area contributed by atoms with Gasteiger partial charge in [0.05, 0.1) is 0 Å². The number of nitrogens with zero attached hydrogens (tertiary/aromatic N) is 3. The van der Waals surface area contributed by atoms with Gasteiger partial charge in [-0.1, -0.05) is 55.0 Å². The Labute approximate surface area is 248 Å². The molecule has 218 valence electrons. The average molecular weight is 565 g/mol. The minimum Gasteiger partial charge on any atom is -0.813 e. The zero-order chi connectivity index (χ0) is 27.2. The van der Waals surface area contributed by atoms with E-state index in [1.165, 1.54) is 61.9 Å². The second-order valence-electron chi connectivity index (χ2n) is 11.5. The predicted octanol–water partition coefficient (Wildman–Crippen LogP) is 5.92. The van der Waals surface area contributed by atoms with E-state index in [2.05, 4.69) is 52.7 Å². The van der Waals surface area contributed by atoms with Gasteiger partial charge in [-0.15, -0.1) is 0 Å². The Morgan fingerprint density at radius 3 is 2.25 bits per heavy atom. The van der Waals surface area contributed by atoms with Gasteiger partial charge >= 0.3 is 0 Å². The van der Waals surface area contributed by atoms with Crippen LogP contribution in [-0.4, -0.2) is 54.3 Å². The maximum absolute atomic E-state index is 11.8. The van der Waals surface area contributed by atoms with E-state index < -0.39 is 0 Å². The van der Waals surface area contributed by atoms with Gasteiger partial charge < -0.3 is 33.5 Å². The van der Waals surface area contributed by atoms with Crippen molar-refractivity contribution in [2.75, 3.05) is 42.9 Å². The Balaban J connectivity index is 0.000000192. The Morgan fingerprint density at radius 1 is 0.825 bits per heavy atom. The first-order chi connectivity index (χ1) is 19.0. The van der Waals surface area contributed by atoms with Gasteiger partial charge in [0.1, 0.15) is 0 Å². The number of hydrogen-bond donors (Lipinski definition) is 1. The first-order valence-corrected chi connectivity index (χ1v) is 14.9. The van der Waals surface area contributed by atoms with Crippen LogP contribution in [0.3, 0.4) is 0 Å². The summed E-state index contributed by atoms with van der Waals surface area (Å²) in [5, 5.41) is 3.32. The first-order valence-electron chi connectivity index (χ1n) is 14.9. The maximum atomic E-state index is 11.8. The summed E-state index contributed by atoms with van der Waals surface area (Å²) in [5.41, 5.74) is 6.71. The van der Waals surface area contributed by atoms with E-state index in [1.807, 2.05) is 21.9 Å². The van der Waals surface area contributed by atoms with Crippen molar-refractivity contribution in [3.05, 3.63) is 71.3 Å². The molecule has 5 aliphatic rings. The fraction of sp³-hybridized carbons (Fsp3) is 0.515. The van der Waals surface area contributed by atoms with E-state index >= 15 is 0 Å². The molecule has 0 saturated heterocycles. The highest BCUT2D eigenvalue weighted by Gasteiger charge is 2.38. The van der Waals surface area contributed by atoms with Gasteiger partial charge in [-0.2, -0.15) is 0 Å². The Hall–Kier alpha value is -2.93. The van der Waals surface area contributed by atoms with E-state index in [4.69, 9.17) is 0 Å². The predicted molar refractivity (Wildman–Crippen MR) is 170 cm³/mol. The van der Waals surface area contributed by atoms with Gasteiger partial charge in [-0.3, -0.25) is 9.59 Å². The zero-order valence-electron chi connectivity index (χ0n) is 24.1. The Bertz CT molecular complexity index is 1200. The van der Waals surface area contributed by atoms with Gasteiger partial charge in [0.25, 0.3) is 0 Å². The standard InChI is InChI=1S/C17H22N2O.C11H14N2O.C5H8.H2S.H2/c1-12(20)18-8-9-19-10-13-4-2-6-15(13)16-7-3-5-14(11-18)17(16)19;1-9(14)13-7-6-12-11-5-3-2-4-10(11)8-13;1-2-4-5-3-1;;/h3,5,7,13,15H,2,4,6,8-11H2,1H3;2-5,12H,6-8H2,1H3;1-2H,3-5H2;1H2;1H/p-1/i;;;;1+1. The van der Waals surface area contributed by atoms with Crippen molar-refractivity contribution >= 4 is 36.7 Å². The molecule has 0 radical (unpaired) electrons. The number of carbonyl (C=O) groups excluding carboxylic acids is 2. The van der Waals surface area contributed by atoms with Gasteiger partial charge in [0.15, 0.2) is 0 Å². The van der Waals surface area contributed by atoms with E-state index in [0.717, 1.165) is 56.8 Å². The number of rotatable bonds is 0. The van der Waals surface area contributed by atoms with E-state index in [0.29, 0.717) is 0 Å². The lowest BCUT2D eigenvalue weighted by Crippen LogP contribution is -2.39. The minimum absolute atomic E-state index is 0. The SMILES string of the molecule is C1=CCCC1.CC(=O)N1CCN2CC3CCCC3c3cccc(c32)C1.CC(=O)N1CCNc2ccccc2C1.[2HH].[SH-]. The van der Waals surface area contributed by atoms with Crippen molar-refractivity contribution in [3.63, 3.8) is 0 Å². The number of carbonyl (C=O) groups is 2. The fourth-order valence-corrected chi connectivity index (χ4v) is 6.76. The molecule has 1 N–H and O–H groups in total. The van der Waals surface area contributed by atoms with Crippen LogP contribution in [0.4, 0.5) is 11.4 Å². The normalized spacial score (nSPS) is 21.9. The van der Waals surface area contributed by atoms with Crippen molar-refractivity contribution in [2.24, 2.45) is 5.92 Å². The Kier molecular flexibility index (Phi) is 10.6. The third kappa shape index (κ3) is 7.03. The first kappa shape index (κ1) is 30.0. The number of allylic oxidation sites excluding steroid dienone is 2. The number of thiol groups is 1. The number of benzene rings is 2. The molecule has 0 bridgehead atoms. The van der Waals surface area contributed by atoms with Crippen LogP contribution < -0.4 is 10.2 Å². The summed E-state index contributed by atoms with van der Waals surface area (Å²) < 4.78 is 0. The highest BCUT2D eigenvalue weighted by atomic mass is 32.1. The zero-order valence-corrected chi connectivity index (χ0v) is 25.0. The van der Waals surface area contributed by atoms with Crippen molar-refractivity contribution in [2.45, 2.75) is 71.4 Å². The van der Waals surface area contributed by atoms with Crippen molar-refractivity contribution in [3.8, 4) is 0 Å². The van der Waals surface area contributed by atoms with Crippen LogP contribution in [0, 0.1) is 5.92 Å². The topological polar surface area (TPSA) is 55.9 Å². The molecule has 3 heterocycles. The van der Waals surface area contributed by atoms with Gasteiger partial charge in [-0.05, 0) is 66.7 Å². The molecule has 0 aromatic heterocycles. The van der Waals surface area contributed by atoms with Crippen LogP contribution in [0.5, 0.6) is 0 Å². The number of nitrogens with one attached hydrogen (secondary N) is 1. The molecule has 7 heteroatoms. The largest absolute Gasteiger partial charge is 0.813 e. The fourth-order valence-electron chi connectivity index (χ4n) is 6.76. The third-order valence-corrected chi connectivity index (χ3v) is 8.86. The molecule has 40 heavy (non-hydrogen) atoms. The second-order valence-corrected chi connectivity index (χ2v) is 11.5. The monoisotopic (exact) mass is 564 g/mol. The van der Waals surface area contributed by atoms with Crippen molar-refractivity contribution in [1.29, 1.82) is 0 Å². The molecule has 3 aliphatic heterocycles. The third-order valence-electron chi connectivity index (χ3n) is 8.86. The van der Waals surface area contributed by atoms with Crippen LogP contribution in [-0.2, 0) is 36.2 Å². The molecule has 6 nitrogen and oxygen atoms in total. The summed E-state index contributed by atoms with van der Waals surface area (Å²) in [5.74, 6) is 1.94.